The van der Waals surface area contributed by atoms with Gasteiger partial charge in [-0.2, -0.15) is 18.2 Å². The van der Waals surface area contributed by atoms with Crippen LogP contribution in [0.25, 0.3) is 0 Å². The van der Waals surface area contributed by atoms with E-state index in [0.29, 0.717) is 0 Å². The molecule has 0 atom stereocenters. The van der Waals surface area contributed by atoms with E-state index in [1.165, 1.54) is 0 Å². The van der Waals surface area contributed by atoms with Crippen LogP contribution >= 0.6 is 0 Å². The summed E-state index contributed by atoms with van der Waals surface area (Å²) in [5, 5.41) is 0. The van der Waals surface area contributed by atoms with Crippen LogP contribution in [0.2, 0.25) is 0 Å². The first-order valence-electron chi connectivity index (χ1n) is 3.67. The predicted octanol–water partition coefficient (Wildman–Crippen LogP) is 3.09. The Labute approximate surface area is 88.5 Å². The van der Waals surface area contributed by atoms with Crippen molar-refractivity contribution in [1.29, 1.82) is 0 Å². The fourth-order valence-corrected chi connectivity index (χ4v) is 0.706. The first-order chi connectivity index (χ1) is 5.50. The number of rotatable bonds is 0. The van der Waals surface area contributed by atoms with E-state index in [1.54, 1.807) is 0 Å². The summed E-state index contributed by atoms with van der Waals surface area (Å²) in [6.07, 6.45) is 0. The van der Waals surface area contributed by atoms with Crippen molar-refractivity contribution in [2.75, 3.05) is 0 Å². The maximum Gasteiger partial charge on any atom is 0 e. The minimum atomic E-state index is 0. The van der Waals surface area contributed by atoms with Crippen molar-refractivity contribution in [2.45, 2.75) is 0 Å². The topological polar surface area (TPSA) is 0 Å². The van der Waals surface area contributed by atoms with Crippen LogP contribution < -0.4 is 0 Å². The van der Waals surface area contributed by atoms with Crippen molar-refractivity contribution in [3.63, 3.8) is 0 Å². The Morgan fingerprint density at radius 3 is 1.00 bits per heavy atom. The molecule has 0 radical (unpaired) electrons. The van der Waals surface area contributed by atoms with Gasteiger partial charge in [-0.05, 0) is 0 Å². The largest absolute Gasteiger partial charge is 0.214 e. The van der Waals surface area contributed by atoms with Crippen LogP contribution in [0.4, 0.5) is 0 Å². The Morgan fingerprint density at radius 2 is 0.833 bits per heavy atom. The zero-order valence-corrected chi connectivity index (χ0v) is 8.41. The molecule has 0 N–H and O–H groups in total. The fraction of sp³-hybridized carbons (Fsp3) is 0. The second-order valence-electron chi connectivity index (χ2n) is 2.12. The third kappa shape index (κ3) is 6.02. The molecule has 0 aliphatic carbocycles. The standard InChI is InChI=1S/C6H6.C5H5.Ti/c1-2-4-6-5-3-1;1-2-4-5-3-1;/h1-6H;1-5H;/q;-1;. The van der Waals surface area contributed by atoms with E-state index in [-0.39, 0.29) is 21.7 Å². The van der Waals surface area contributed by atoms with Crippen LogP contribution in [-0.2, 0) is 21.7 Å². The molecule has 0 nitrogen and oxygen atoms in total. The third-order valence-electron chi connectivity index (χ3n) is 1.22. The summed E-state index contributed by atoms with van der Waals surface area (Å²) in [5.41, 5.74) is 0. The smallest absolute Gasteiger partial charge is 0 e. The van der Waals surface area contributed by atoms with Crippen LogP contribution in [0.3, 0.4) is 0 Å². The van der Waals surface area contributed by atoms with Gasteiger partial charge in [-0.1, -0.05) is 36.4 Å². The zero-order valence-electron chi connectivity index (χ0n) is 6.85. The Bertz CT molecular complexity index is 191. The summed E-state index contributed by atoms with van der Waals surface area (Å²) >= 11 is 0. The Hall–Kier alpha value is -0.716. The van der Waals surface area contributed by atoms with Gasteiger partial charge in [0.1, 0.15) is 0 Å². The Morgan fingerprint density at radius 1 is 0.500 bits per heavy atom. The molecular formula is C11H11Ti-. The molecule has 0 unspecified atom stereocenters. The molecule has 0 aliphatic rings. The summed E-state index contributed by atoms with van der Waals surface area (Å²) in [7, 11) is 0. The molecule has 2 rings (SSSR count). The van der Waals surface area contributed by atoms with E-state index in [2.05, 4.69) is 0 Å². The van der Waals surface area contributed by atoms with Crippen molar-refractivity contribution >= 4 is 0 Å². The second kappa shape index (κ2) is 8.38. The predicted molar refractivity (Wildman–Crippen MR) is 48.5 cm³/mol. The summed E-state index contributed by atoms with van der Waals surface area (Å²) in [5.74, 6) is 0. The number of hydrogen-bond acceptors (Lipinski definition) is 0. The molecule has 0 heterocycles. The van der Waals surface area contributed by atoms with E-state index in [4.69, 9.17) is 0 Å². The molecule has 2 aromatic rings. The van der Waals surface area contributed by atoms with Crippen molar-refractivity contribution in [3.8, 4) is 0 Å². The molecular weight excluding hydrogens is 180 g/mol. The van der Waals surface area contributed by atoms with Crippen molar-refractivity contribution in [3.05, 3.63) is 66.7 Å². The van der Waals surface area contributed by atoms with Gasteiger partial charge in [-0.15, -0.1) is 0 Å². The third-order valence-corrected chi connectivity index (χ3v) is 1.22. The van der Waals surface area contributed by atoms with E-state index in [1.807, 2.05) is 66.7 Å². The summed E-state index contributed by atoms with van der Waals surface area (Å²) in [6.45, 7) is 0. The summed E-state index contributed by atoms with van der Waals surface area (Å²) in [4.78, 5) is 0. The average molecular weight is 191 g/mol. The van der Waals surface area contributed by atoms with E-state index >= 15 is 0 Å². The molecule has 60 valence electrons. The minimum Gasteiger partial charge on any atom is -0.214 e. The SMILES string of the molecule is [Ti].c1cc[cH-]c1.c1ccccc1. The molecule has 0 fully saturated rings. The van der Waals surface area contributed by atoms with Crippen molar-refractivity contribution < 1.29 is 21.7 Å². The van der Waals surface area contributed by atoms with Crippen LogP contribution in [0.15, 0.2) is 66.7 Å². The first kappa shape index (κ1) is 11.3. The first-order valence-corrected chi connectivity index (χ1v) is 3.67. The second-order valence-corrected chi connectivity index (χ2v) is 2.12. The van der Waals surface area contributed by atoms with Gasteiger partial charge in [0.15, 0.2) is 0 Å². The molecule has 0 bridgehead atoms. The Balaban J connectivity index is 0.000000189. The van der Waals surface area contributed by atoms with E-state index < -0.39 is 0 Å². The normalized spacial score (nSPS) is 7.33. The Kier molecular flexibility index (Phi) is 7.88. The maximum absolute atomic E-state index is 2.00. The van der Waals surface area contributed by atoms with Crippen LogP contribution in [-0.4, -0.2) is 0 Å². The van der Waals surface area contributed by atoms with Crippen LogP contribution in [0, 0.1) is 0 Å². The van der Waals surface area contributed by atoms with Crippen LogP contribution in [0.5, 0.6) is 0 Å². The van der Waals surface area contributed by atoms with Gasteiger partial charge in [-0.3, -0.25) is 0 Å². The molecule has 12 heavy (non-hydrogen) atoms. The molecule has 0 amide bonds. The number of hydrogen-bond donors (Lipinski definition) is 0. The quantitative estimate of drug-likeness (QED) is 0.443. The molecule has 2 aromatic carbocycles. The molecule has 0 spiro atoms. The molecule has 0 saturated carbocycles. The number of benzene rings is 1. The van der Waals surface area contributed by atoms with Gasteiger partial charge in [0, 0.05) is 21.7 Å². The van der Waals surface area contributed by atoms with Crippen molar-refractivity contribution in [1.82, 2.24) is 0 Å². The summed E-state index contributed by atoms with van der Waals surface area (Å²) in [6, 6.07) is 22.0. The monoisotopic (exact) mass is 191 g/mol. The minimum absolute atomic E-state index is 0. The zero-order chi connectivity index (χ0) is 7.78. The molecule has 0 aliphatic heterocycles. The fourth-order valence-electron chi connectivity index (χ4n) is 0.706. The van der Waals surface area contributed by atoms with Gasteiger partial charge in [0.25, 0.3) is 0 Å². The van der Waals surface area contributed by atoms with Gasteiger partial charge < -0.3 is 0 Å². The van der Waals surface area contributed by atoms with Gasteiger partial charge in [0.2, 0.25) is 0 Å². The van der Waals surface area contributed by atoms with Crippen LogP contribution in [0.1, 0.15) is 0 Å². The molecule has 0 saturated heterocycles. The average Bonchev–Trinajstić information content (AvgIpc) is 2.64. The van der Waals surface area contributed by atoms with E-state index in [0.717, 1.165) is 0 Å². The molecule has 0 aromatic heterocycles. The maximum atomic E-state index is 2.00. The van der Waals surface area contributed by atoms with Gasteiger partial charge >= 0.3 is 0 Å². The molecule has 1 heteroatoms. The van der Waals surface area contributed by atoms with E-state index in [9.17, 15) is 0 Å². The summed E-state index contributed by atoms with van der Waals surface area (Å²) < 4.78 is 0. The van der Waals surface area contributed by atoms with Gasteiger partial charge in [0.05, 0.1) is 0 Å². The van der Waals surface area contributed by atoms with Gasteiger partial charge in [-0.25, -0.2) is 12.1 Å². The van der Waals surface area contributed by atoms with Crippen molar-refractivity contribution in [2.24, 2.45) is 0 Å².